The summed E-state index contributed by atoms with van der Waals surface area (Å²) in [7, 11) is 0. The number of aromatic nitrogens is 2. The van der Waals surface area contributed by atoms with Gasteiger partial charge in [0.15, 0.2) is 0 Å². The number of halogens is 1. The maximum Gasteiger partial charge on any atom is 0.271 e. The molecule has 4 nitrogen and oxygen atoms in total. The Morgan fingerprint density at radius 2 is 2.11 bits per heavy atom. The van der Waals surface area contributed by atoms with Crippen LogP contribution in [0.4, 0.5) is 0 Å². The summed E-state index contributed by atoms with van der Waals surface area (Å²) < 4.78 is 0. The monoisotopic (exact) mass is 261 g/mol. The van der Waals surface area contributed by atoms with Gasteiger partial charge in [0.1, 0.15) is 5.69 Å². The van der Waals surface area contributed by atoms with E-state index >= 15 is 0 Å². The van der Waals surface area contributed by atoms with Crippen molar-refractivity contribution in [3.8, 4) is 0 Å². The van der Waals surface area contributed by atoms with Gasteiger partial charge in [-0.1, -0.05) is 29.8 Å². The summed E-state index contributed by atoms with van der Waals surface area (Å²) in [5.41, 5.74) is 1.16. The van der Waals surface area contributed by atoms with Crippen molar-refractivity contribution in [3.63, 3.8) is 0 Å². The number of nitrogens with zero attached hydrogens (tertiary/aromatic N) is 2. The fraction of sp³-hybridized carbons (Fsp3) is 0.154. The number of nitrogens with one attached hydrogen (secondary N) is 1. The minimum Gasteiger partial charge on any atom is -0.344 e. The molecule has 1 aromatic heterocycles. The molecule has 1 heterocycles. The molecule has 1 unspecified atom stereocenters. The van der Waals surface area contributed by atoms with E-state index in [9.17, 15) is 4.79 Å². The molecule has 92 valence electrons. The first-order valence-electron chi connectivity index (χ1n) is 5.50. The van der Waals surface area contributed by atoms with Crippen molar-refractivity contribution in [1.29, 1.82) is 0 Å². The van der Waals surface area contributed by atoms with Gasteiger partial charge < -0.3 is 5.32 Å². The molecule has 1 aromatic carbocycles. The van der Waals surface area contributed by atoms with Crippen LogP contribution in [-0.4, -0.2) is 15.9 Å². The lowest BCUT2D eigenvalue weighted by molar-refractivity contribution is 0.0934. The van der Waals surface area contributed by atoms with Crippen LogP contribution in [0.5, 0.6) is 0 Å². The molecule has 0 radical (unpaired) electrons. The molecule has 1 N–H and O–H groups in total. The third kappa shape index (κ3) is 2.84. The molecule has 1 atom stereocenters. The molecule has 18 heavy (non-hydrogen) atoms. The van der Waals surface area contributed by atoms with E-state index in [2.05, 4.69) is 15.3 Å². The van der Waals surface area contributed by atoms with Crippen molar-refractivity contribution < 1.29 is 4.79 Å². The first-order chi connectivity index (χ1) is 8.68. The van der Waals surface area contributed by atoms with Gasteiger partial charge in [0.05, 0.1) is 12.2 Å². The van der Waals surface area contributed by atoms with Crippen molar-refractivity contribution >= 4 is 17.5 Å². The lowest BCUT2D eigenvalue weighted by Gasteiger charge is -2.15. The van der Waals surface area contributed by atoms with Crippen molar-refractivity contribution in [2.75, 3.05) is 0 Å². The lowest BCUT2D eigenvalue weighted by Crippen LogP contribution is -2.27. The largest absolute Gasteiger partial charge is 0.344 e. The summed E-state index contributed by atoms with van der Waals surface area (Å²) in [6, 6.07) is 7.22. The molecule has 0 spiro atoms. The second-order valence-electron chi connectivity index (χ2n) is 3.81. The summed E-state index contributed by atoms with van der Waals surface area (Å²) in [5, 5.41) is 3.46. The zero-order chi connectivity index (χ0) is 13.0. The van der Waals surface area contributed by atoms with Gasteiger partial charge in [-0.3, -0.25) is 9.78 Å². The Hall–Kier alpha value is -1.94. The van der Waals surface area contributed by atoms with Gasteiger partial charge in [-0.25, -0.2) is 4.98 Å². The molecule has 0 saturated heterocycles. The second kappa shape index (κ2) is 5.60. The Labute approximate surface area is 110 Å². The highest BCUT2D eigenvalue weighted by molar-refractivity contribution is 6.31. The lowest BCUT2D eigenvalue weighted by atomic mass is 10.1. The number of hydrogen-bond donors (Lipinski definition) is 1. The van der Waals surface area contributed by atoms with Crippen LogP contribution in [0.1, 0.15) is 29.0 Å². The quantitative estimate of drug-likeness (QED) is 0.924. The van der Waals surface area contributed by atoms with Crippen LogP contribution in [0.3, 0.4) is 0 Å². The minimum atomic E-state index is -0.268. The number of rotatable bonds is 3. The predicted octanol–water partition coefficient (Wildman–Crippen LogP) is 2.62. The Balaban J connectivity index is 2.11. The van der Waals surface area contributed by atoms with Crippen LogP contribution in [0, 0.1) is 0 Å². The normalized spacial score (nSPS) is 11.9. The second-order valence-corrected chi connectivity index (χ2v) is 4.21. The first-order valence-corrected chi connectivity index (χ1v) is 5.87. The van der Waals surface area contributed by atoms with Gasteiger partial charge in [-0.2, -0.15) is 0 Å². The van der Waals surface area contributed by atoms with Crippen molar-refractivity contribution in [1.82, 2.24) is 15.3 Å². The van der Waals surface area contributed by atoms with Crippen LogP contribution >= 0.6 is 11.6 Å². The summed E-state index contributed by atoms with van der Waals surface area (Å²) in [6.45, 7) is 1.87. The summed E-state index contributed by atoms with van der Waals surface area (Å²) in [6.07, 6.45) is 4.43. The van der Waals surface area contributed by atoms with E-state index in [1.165, 1.54) is 18.6 Å². The number of benzene rings is 1. The summed E-state index contributed by atoms with van der Waals surface area (Å²) >= 11 is 6.07. The SMILES string of the molecule is CC(NC(=O)c1cnccn1)c1ccccc1Cl. The van der Waals surface area contributed by atoms with E-state index in [1.807, 2.05) is 25.1 Å². The molecule has 1 amide bonds. The van der Waals surface area contributed by atoms with Crippen molar-refractivity contribution in [2.45, 2.75) is 13.0 Å². The predicted molar refractivity (Wildman–Crippen MR) is 69.4 cm³/mol. The summed E-state index contributed by atoms with van der Waals surface area (Å²) in [4.78, 5) is 19.7. The van der Waals surface area contributed by atoms with E-state index in [0.29, 0.717) is 5.02 Å². The van der Waals surface area contributed by atoms with E-state index in [1.54, 1.807) is 6.07 Å². The van der Waals surface area contributed by atoms with Gasteiger partial charge in [-0.15, -0.1) is 0 Å². The minimum absolute atomic E-state index is 0.187. The smallest absolute Gasteiger partial charge is 0.271 e. The van der Waals surface area contributed by atoms with Crippen LogP contribution in [0.25, 0.3) is 0 Å². The van der Waals surface area contributed by atoms with Crippen LogP contribution in [0.15, 0.2) is 42.9 Å². The number of amides is 1. The Morgan fingerprint density at radius 3 is 2.78 bits per heavy atom. The maximum absolute atomic E-state index is 11.9. The highest BCUT2D eigenvalue weighted by Crippen LogP contribution is 2.22. The highest BCUT2D eigenvalue weighted by atomic mass is 35.5. The highest BCUT2D eigenvalue weighted by Gasteiger charge is 2.14. The Bertz CT molecular complexity index is 545. The maximum atomic E-state index is 11.9. The molecular weight excluding hydrogens is 250 g/mol. The molecule has 0 aliphatic carbocycles. The van der Waals surface area contributed by atoms with Gasteiger partial charge in [-0.05, 0) is 18.6 Å². The molecule has 2 aromatic rings. The molecule has 0 bridgehead atoms. The molecule has 5 heteroatoms. The molecule has 2 rings (SSSR count). The molecule has 0 aliphatic heterocycles. The average Bonchev–Trinajstić information content (AvgIpc) is 2.40. The van der Waals surface area contributed by atoms with Crippen LogP contribution < -0.4 is 5.32 Å². The zero-order valence-corrected chi connectivity index (χ0v) is 10.6. The van der Waals surface area contributed by atoms with E-state index in [4.69, 9.17) is 11.6 Å². The standard InChI is InChI=1S/C13H12ClN3O/c1-9(10-4-2-3-5-11(10)14)17-13(18)12-8-15-6-7-16-12/h2-9H,1H3,(H,17,18). The van der Waals surface area contributed by atoms with Gasteiger partial charge in [0.25, 0.3) is 5.91 Å². The molecule has 0 fully saturated rings. The van der Waals surface area contributed by atoms with Gasteiger partial charge in [0.2, 0.25) is 0 Å². The van der Waals surface area contributed by atoms with Crippen molar-refractivity contribution in [2.24, 2.45) is 0 Å². The molecule has 0 saturated carbocycles. The zero-order valence-electron chi connectivity index (χ0n) is 9.80. The Kier molecular flexibility index (Phi) is 3.89. The fourth-order valence-electron chi connectivity index (χ4n) is 1.59. The number of carbonyl (C=O) groups excluding carboxylic acids is 1. The van der Waals surface area contributed by atoms with Gasteiger partial charge in [0, 0.05) is 17.4 Å². The summed E-state index contributed by atoms with van der Waals surface area (Å²) in [5.74, 6) is -0.268. The number of hydrogen-bond acceptors (Lipinski definition) is 3. The fourth-order valence-corrected chi connectivity index (χ4v) is 1.89. The third-order valence-electron chi connectivity index (χ3n) is 2.52. The molecule has 0 aliphatic rings. The number of carbonyl (C=O) groups is 1. The molecular formula is C13H12ClN3O. The van der Waals surface area contributed by atoms with Crippen molar-refractivity contribution in [3.05, 3.63) is 59.1 Å². The van der Waals surface area contributed by atoms with E-state index in [-0.39, 0.29) is 17.6 Å². The topological polar surface area (TPSA) is 54.9 Å². The first kappa shape index (κ1) is 12.5. The Morgan fingerprint density at radius 1 is 1.33 bits per heavy atom. The van der Waals surface area contributed by atoms with Crippen LogP contribution in [-0.2, 0) is 0 Å². The van der Waals surface area contributed by atoms with Crippen LogP contribution in [0.2, 0.25) is 5.02 Å². The third-order valence-corrected chi connectivity index (χ3v) is 2.86. The van der Waals surface area contributed by atoms with E-state index in [0.717, 1.165) is 5.56 Å². The average molecular weight is 262 g/mol. The van der Waals surface area contributed by atoms with E-state index < -0.39 is 0 Å². The van der Waals surface area contributed by atoms with Gasteiger partial charge >= 0.3 is 0 Å².